The number of fused-ring (bicyclic) bond motifs is 1. The summed E-state index contributed by atoms with van der Waals surface area (Å²) in [7, 11) is 0. The van der Waals surface area contributed by atoms with Gasteiger partial charge in [-0.1, -0.05) is 55.6 Å². The molecule has 6 nitrogen and oxygen atoms in total. The topological polar surface area (TPSA) is 75.4 Å². The standard InChI is InChI=1S/C26H28ClN3O3/c1-2-3-6-21-16-29(17-23(32)13-8-18-5-4-7-22(31)14-18)26(33)25-15-24(28-30(21)25)19-9-11-20(27)12-10-19/h4-5,7,9-12,14-15,21,31H,2-3,6,8,13,16-17H2,1H3. The van der Waals surface area contributed by atoms with Crippen LogP contribution in [0.3, 0.4) is 0 Å². The van der Waals surface area contributed by atoms with E-state index in [0.29, 0.717) is 30.1 Å². The Hall–Kier alpha value is -3.12. The van der Waals surface area contributed by atoms with Crippen molar-refractivity contribution < 1.29 is 14.7 Å². The van der Waals surface area contributed by atoms with Crippen molar-refractivity contribution in [3.05, 3.63) is 70.9 Å². The molecule has 3 aromatic rings. The van der Waals surface area contributed by atoms with Gasteiger partial charge in [0.05, 0.1) is 18.3 Å². The molecule has 1 aliphatic rings. The van der Waals surface area contributed by atoms with Crippen molar-refractivity contribution >= 4 is 23.3 Å². The number of nitrogens with zero attached hydrogens (tertiary/aromatic N) is 3. The number of rotatable bonds is 9. The van der Waals surface area contributed by atoms with Gasteiger partial charge in [-0.05, 0) is 48.7 Å². The Balaban J connectivity index is 1.50. The van der Waals surface area contributed by atoms with E-state index in [1.165, 1.54) is 0 Å². The smallest absolute Gasteiger partial charge is 0.272 e. The number of benzene rings is 2. The molecule has 0 saturated heterocycles. The molecule has 1 aliphatic heterocycles. The lowest BCUT2D eigenvalue weighted by Crippen LogP contribution is -2.45. The fraction of sp³-hybridized carbons (Fsp3) is 0.346. The molecular weight excluding hydrogens is 438 g/mol. The second kappa shape index (κ2) is 10.2. The predicted molar refractivity (Wildman–Crippen MR) is 129 cm³/mol. The van der Waals surface area contributed by atoms with Crippen LogP contribution < -0.4 is 0 Å². The van der Waals surface area contributed by atoms with Crippen molar-refractivity contribution in [3.63, 3.8) is 0 Å². The molecule has 1 amide bonds. The van der Waals surface area contributed by atoms with Crippen molar-refractivity contribution in [1.29, 1.82) is 0 Å². The maximum Gasteiger partial charge on any atom is 0.272 e. The average Bonchev–Trinajstić information content (AvgIpc) is 3.25. The summed E-state index contributed by atoms with van der Waals surface area (Å²) in [5.74, 6) is 0.0302. The Morgan fingerprint density at radius 1 is 1.18 bits per heavy atom. The van der Waals surface area contributed by atoms with Gasteiger partial charge in [0.15, 0.2) is 5.78 Å². The first-order chi connectivity index (χ1) is 15.9. The SMILES string of the molecule is CCCCC1CN(CC(=O)CCc2cccc(O)c2)C(=O)c2cc(-c3ccc(Cl)cc3)nn21. The van der Waals surface area contributed by atoms with Gasteiger partial charge >= 0.3 is 0 Å². The van der Waals surface area contributed by atoms with Gasteiger partial charge in [0.25, 0.3) is 5.91 Å². The number of amides is 1. The number of carbonyl (C=O) groups is 2. The van der Waals surface area contributed by atoms with Gasteiger partial charge in [-0.2, -0.15) is 5.10 Å². The molecule has 0 aliphatic carbocycles. The molecule has 1 unspecified atom stereocenters. The molecule has 33 heavy (non-hydrogen) atoms. The summed E-state index contributed by atoms with van der Waals surface area (Å²) < 4.78 is 1.84. The minimum absolute atomic E-state index is 0.00632. The van der Waals surface area contributed by atoms with Gasteiger partial charge in [0, 0.05) is 23.6 Å². The summed E-state index contributed by atoms with van der Waals surface area (Å²) >= 11 is 6.01. The van der Waals surface area contributed by atoms with Gasteiger partial charge in [0.2, 0.25) is 0 Å². The van der Waals surface area contributed by atoms with Crippen LogP contribution in [0.4, 0.5) is 0 Å². The first-order valence-corrected chi connectivity index (χ1v) is 11.8. The van der Waals surface area contributed by atoms with Crippen LogP contribution in [-0.2, 0) is 11.2 Å². The normalized spacial score (nSPS) is 15.5. The molecule has 7 heteroatoms. The Kier molecular flexibility index (Phi) is 7.14. The summed E-state index contributed by atoms with van der Waals surface area (Å²) in [4.78, 5) is 27.6. The maximum absolute atomic E-state index is 13.2. The molecule has 0 spiro atoms. The van der Waals surface area contributed by atoms with E-state index in [-0.39, 0.29) is 30.0 Å². The van der Waals surface area contributed by atoms with Crippen LogP contribution in [0.25, 0.3) is 11.3 Å². The zero-order chi connectivity index (χ0) is 23.4. The van der Waals surface area contributed by atoms with Crippen molar-refractivity contribution in [3.8, 4) is 17.0 Å². The van der Waals surface area contributed by atoms with Crippen LogP contribution in [-0.4, -0.2) is 44.6 Å². The van der Waals surface area contributed by atoms with Gasteiger partial charge in [-0.25, -0.2) is 0 Å². The molecule has 2 aromatic carbocycles. The Labute approximate surface area is 198 Å². The number of Topliss-reactive ketones (excluding diaryl/α,β-unsaturated/α-hetero) is 1. The Morgan fingerprint density at radius 3 is 2.70 bits per heavy atom. The third-order valence-corrected chi connectivity index (χ3v) is 6.27. The summed E-state index contributed by atoms with van der Waals surface area (Å²) in [6.45, 7) is 2.70. The second-order valence-electron chi connectivity index (χ2n) is 8.56. The van der Waals surface area contributed by atoms with Crippen molar-refractivity contribution in [2.24, 2.45) is 0 Å². The lowest BCUT2D eigenvalue weighted by Gasteiger charge is -2.33. The van der Waals surface area contributed by atoms with Crippen LogP contribution in [0.2, 0.25) is 5.02 Å². The van der Waals surface area contributed by atoms with Gasteiger partial charge in [0.1, 0.15) is 11.4 Å². The minimum Gasteiger partial charge on any atom is -0.508 e. The molecule has 1 atom stereocenters. The molecule has 172 valence electrons. The highest BCUT2D eigenvalue weighted by Crippen LogP contribution is 2.29. The molecule has 0 radical (unpaired) electrons. The number of ketones is 1. The molecule has 0 bridgehead atoms. The van der Waals surface area contributed by atoms with Crippen molar-refractivity contribution in [1.82, 2.24) is 14.7 Å². The number of aromatic hydroxyl groups is 1. The highest BCUT2D eigenvalue weighted by molar-refractivity contribution is 6.30. The third-order valence-electron chi connectivity index (χ3n) is 6.02. The zero-order valence-corrected chi connectivity index (χ0v) is 19.5. The summed E-state index contributed by atoms with van der Waals surface area (Å²) in [5.41, 5.74) is 3.05. The largest absolute Gasteiger partial charge is 0.508 e. The fourth-order valence-electron chi connectivity index (χ4n) is 4.25. The number of hydrogen-bond donors (Lipinski definition) is 1. The summed E-state index contributed by atoms with van der Waals surface area (Å²) in [5, 5.41) is 15.0. The summed E-state index contributed by atoms with van der Waals surface area (Å²) in [6.07, 6.45) is 3.82. The Bertz CT molecular complexity index is 1140. The van der Waals surface area contributed by atoms with E-state index in [1.807, 2.05) is 41.1 Å². The maximum atomic E-state index is 13.2. The molecular formula is C26H28ClN3O3. The predicted octanol–water partition coefficient (Wildman–Crippen LogP) is 5.30. The molecule has 2 heterocycles. The Morgan fingerprint density at radius 2 is 1.97 bits per heavy atom. The number of hydrogen-bond acceptors (Lipinski definition) is 4. The van der Waals surface area contributed by atoms with Crippen molar-refractivity contribution in [2.45, 2.75) is 45.1 Å². The third kappa shape index (κ3) is 5.45. The number of aryl methyl sites for hydroxylation is 1. The number of phenolic OH excluding ortho intramolecular Hbond substituents is 1. The van der Waals surface area contributed by atoms with Crippen LogP contribution in [0.15, 0.2) is 54.6 Å². The van der Waals surface area contributed by atoms with E-state index in [9.17, 15) is 14.7 Å². The quantitative estimate of drug-likeness (QED) is 0.465. The van der Waals surface area contributed by atoms with Crippen LogP contribution in [0.5, 0.6) is 5.75 Å². The summed E-state index contributed by atoms with van der Waals surface area (Å²) in [6, 6.07) is 16.2. The van der Waals surface area contributed by atoms with Gasteiger partial charge < -0.3 is 10.0 Å². The molecule has 0 fully saturated rings. The fourth-order valence-corrected chi connectivity index (χ4v) is 4.37. The molecule has 1 aromatic heterocycles. The minimum atomic E-state index is -0.166. The number of halogens is 1. The van der Waals surface area contributed by atoms with Crippen LogP contribution in [0.1, 0.15) is 54.7 Å². The first kappa shape index (κ1) is 23.1. The number of phenols is 1. The highest BCUT2D eigenvalue weighted by atomic mass is 35.5. The van der Waals surface area contributed by atoms with E-state index in [0.717, 1.165) is 36.1 Å². The number of carbonyl (C=O) groups excluding carboxylic acids is 2. The van der Waals surface area contributed by atoms with E-state index >= 15 is 0 Å². The molecule has 4 rings (SSSR count). The number of aromatic nitrogens is 2. The first-order valence-electron chi connectivity index (χ1n) is 11.4. The monoisotopic (exact) mass is 465 g/mol. The molecule has 1 N–H and O–H groups in total. The highest BCUT2D eigenvalue weighted by Gasteiger charge is 2.33. The lowest BCUT2D eigenvalue weighted by molar-refractivity contribution is -0.120. The number of unbranched alkanes of at least 4 members (excludes halogenated alkanes) is 1. The average molecular weight is 466 g/mol. The zero-order valence-electron chi connectivity index (χ0n) is 18.7. The van der Waals surface area contributed by atoms with E-state index in [4.69, 9.17) is 16.7 Å². The van der Waals surface area contributed by atoms with Crippen LogP contribution in [0, 0.1) is 0 Å². The van der Waals surface area contributed by atoms with E-state index in [1.54, 1.807) is 23.1 Å². The molecule has 0 saturated carbocycles. The van der Waals surface area contributed by atoms with Gasteiger partial charge in [-0.3, -0.25) is 14.3 Å². The lowest BCUT2D eigenvalue weighted by atomic mass is 10.0. The van der Waals surface area contributed by atoms with Crippen LogP contribution >= 0.6 is 11.6 Å². The van der Waals surface area contributed by atoms with Gasteiger partial charge in [-0.15, -0.1) is 0 Å². The van der Waals surface area contributed by atoms with Crippen molar-refractivity contribution in [2.75, 3.05) is 13.1 Å². The van der Waals surface area contributed by atoms with E-state index in [2.05, 4.69) is 6.92 Å². The second-order valence-corrected chi connectivity index (χ2v) is 8.99. The van der Waals surface area contributed by atoms with E-state index < -0.39 is 0 Å².